The molecule has 1 N–H and O–H groups in total. The highest BCUT2D eigenvalue weighted by Gasteiger charge is 2.27. The van der Waals surface area contributed by atoms with Gasteiger partial charge < -0.3 is 10.1 Å². The minimum absolute atomic E-state index is 0.148. The third kappa shape index (κ3) is 7.15. The maximum atomic E-state index is 12.5. The van der Waals surface area contributed by atoms with Crippen LogP contribution in [0.3, 0.4) is 0 Å². The van der Waals surface area contributed by atoms with Gasteiger partial charge in [-0.05, 0) is 54.8 Å². The number of hydrogen-bond donors (Lipinski definition) is 1. The first-order chi connectivity index (χ1) is 14.4. The number of nitrogens with one attached hydrogen (secondary N) is 1. The number of likely N-dealkylation sites (tertiary alicyclic amines) is 1. The molecule has 0 spiro atoms. The van der Waals surface area contributed by atoms with Gasteiger partial charge >= 0.3 is 6.18 Å². The summed E-state index contributed by atoms with van der Waals surface area (Å²) in [6, 6.07) is 14.5. The number of ether oxygens (including phenoxy) is 1. The van der Waals surface area contributed by atoms with Crippen LogP contribution in [0, 0.1) is 0 Å². The van der Waals surface area contributed by atoms with Gasteiger partial charge in [0, 0.05) is 18.7 Å². The Kier molecular flexibility index (Phi) is 7.87. The number of piperidine rings is 1. The summed E-state index contributed by atoms with van der Waals surface area (Å²) in [7, 11) is 0. The minimum atomic E-state index is -4.34. The van der Waals surface area contributed by atoms with Gasteiger partial charge in [0.15, 0.2) is 0 Å². The number of halogens is 3. The number of amides is 1. The number of hydrogen-bond acceptors (Lipinski definition) is 3. The molecule has 1 heterocycles. The van der Waals surface area contributed by atoms with Gasteiger partial charge in [-0.2, -0.15) is 13.2 Å². The zero-order valence-corrected chi connectivity index (χ0v) is 16.9. The topological polar surface area (TPSA) is 41.6 Å². The molecule has 3 rings (SSSR count). The highest BCUT2D eigenvalue weighted by atomic mass is 19.4. The van der Waals surface area contributed by atoms with Crippen molar-refractivity contribution in [2.75, 3.05) is 19.7 Å². The SMILES string of the molecule is O=C(NCc1ccccc1CN1CCCCC1)c1ccc(COCC(F)(F)F)cc1. The quantitative estimate of drug-likeness (QED) is 0.674. The van der Waals surface area contributed by atoms with Crippen molar-refractivity contribution in [1.29, 1.82) is 0 Å². The molecule has 7 heteroatoms. The third-order valence-corrected chi connectivity index (χ3v) is 5.15. The lowest BCUT2D eigenvalue weighted by Crippen LogP contribution is -2.30. The fourth-order valence-electron chi connectivity index (χ4n) is 3.56. The average Bonchev–Trinajstić information content (AvgIpc) is 2.73. The van der Waals surface area contributed by atoms with Gasteiger partial charge in [0.05, 0.1) is 6.61 Å². The summed E-state index contributed by atoms with van der Waals surface area (Å²) in [5.41, 5.74) is 3.36. The minimum Gasteiger partial charge on any atom is -0.367 e. The second kappa shape index (κ2) is 10.6. The smallest absolute Gasteiger partial charge is 0.367 e. The van der Waals surface area contributed by atoms with Crippen LogP contribution in [0.5, 0.6) is 0 Å². The number of alkyl halides is 3. The van der Waals surface area contributed by atoms with E-state index in [-0.39, 0.29) is 12.5 Å². The van der Waals surface area contributed by atoms with E-state index in [9.17, 15) is 18.0 Å². The molecule has 162 valence electrons. The molecule has 0 atom stereocenters. The Hall–Kier alpha value is -2.38. The monoisotopic (exact) mass is 420 g/mol. The van der Waals surface area contributed by atoms with Gasteiger partial charge in [-0.25, -0.2) is 0 Å². The molecule has 1 saturated heterocycles. The Bertz CT molecular complexity index is 816. The van der Waals surface area contributed by atoms with Crippen molar-refractivity contribution in [2.24, 2.45) is 0 Å². The van der Waals surface area contributed by atoms with Crippen LogP contribution in [0.25, 0.3) is 0 Å². The van der Waals surface area contributed by atoms with Gasteiger partial charge in [-0.1, -0.05) is 42.8 Å². The van der Waals surface area contributed by atoms with Crippen molar-refractivity contribution >= 4 is 5.91 Å². The maximum absolute atomic E-state index is 12.5. The Labute approximate surface area is 175 Å². The summed E-state index contributed by atoms with van der Waals surface area (Å²) in [6.45, 7) is 2.11. The van der Waals surface area contributed by atoms with Gasteiger partial charge in [0.25, 0.3) is 5.91 Å². The van der Waals surface area contributed by atoms with E-state index in [0.29, 0.717) is 17.7 Å². The van der Waals surface area contributed by atoms with E-state index in [1.807, 2.05) is 18.2 Å². The lowest BCUT2D eigenvalue weighted by Gasteiger charge is -2.27. The first kappa shape index (κ1) is 22.3. The standard InChI is InChI=1S/C23H27F3N2O2/c24-23(25,26)17-30-16-18-8-10-19(11-9-18)22(29)27-14-20-6-2-3-7-21(20)15-28-12-4-1-5-13-28/h2-3,6-11H,1,4-5,12-17H2,(H,27,29). The summed E-state index contributed by atoms with van der Waals surface area (Å²) in [6.07, 6.45) is -0.585. The highest BCUT2D eigenvalue weighted by molar-refractivity contribution is 5.94. The average molecular weight is 420 g/mol. The Balaban J connectivity index is 1.52. The Morgan fingerprint density at radius 2 is 1.63 bits per heavy atom. The van der Waals surface area contributed by atoms with Crippen molar-refractivity contribution in [1.82, 2.24) is 10.2 Å². The maximum Gasteiger partial charge on any atom is 0.411 e. The van der Waals surface area contributed by atoms with E-state index in [2.05, 4.69) is 21.0 Å². The highest BCUT2D eigenvalue weighted by Crippen LogP contribution is 2.17. The number of nitrogens with zero attached hydrogens (tertiary/aromatic N) is 1. The van der Waals surface area contributed by atoms with Crippen molar-refractivity contribution in [3.05, 3.63) is 70.8 Å². The van der Waals surface area contributed by atoms with Gasteiger partial charge in [-0.3, -0.25) is 9.69 Å². The normalized spacial score (nSPS) is 15.2. The molecule has 0 aromatic heterocycles. The molecule has 30 heavy (non-hydrogen) atoms. The van der Waals surface area contributed by atoms with Crippen LogP contribution in [-0.4, -0.2) is 36.7 Å². The van der Waals surface area contributed by atoms with Crippen LogP contribution in [0.2, 0.25) is 0 Å². The second-order valence-corrected chi connectivity index (χ2v) is 7.59. The number of carbonyl (C=O) groups is 1. The van der Waals surface area contributed by atoms with E-state index in [0.717, 1.165) is 25.2 Å². The first-order valence-corrected chi connectivity index (χ1v) is 10.2. The van der Waals surface area contributed by atoms with Crippen LogP contribution in [0.15, 0.2) is 48.5 Å². The molecule has 1 amide bonds. The number of benzene rings is 2. The lowest BCUT2D eigenvalue weighted by molar-refractivity contribution is -0.176. The largest absolute Gasteiger partial charge is 0.411 e. The van der Waals surface area contributed by atoms with Crippen molar-refractivity contribution in [3.63, 3.8) is 0 Å². The molecule has 0 radical (unpaired) electrons. The van der Waals surface area contributed by atoms with E-state index < -0.39 is 12.8 Å². The molecule has 1 fully saturated rings. The summed E-state index contributed by atoms with van der Waals surface area (Å²) >= 11 is 0. The molecular weight excluding hydrogens is 393 g/mol. The predicted octanol–water partition coefficient (Wildman–Crippen LogP) is 4.68. The summed E-state index contributed by atoms with van der Waals surface area (Å²) < 4.78 is 41.0. The zero-order valence-electron chi connectivity index (χ0n) is 16.9. The van der Waals surface area contributed by atoms with E-state index >= 15 is 0 Å². The van der Waals surface area contributed by atoms with Crippen LogP contribution in [0.1, 0.15) is 46.3 Å². The fourth-order valence-corrected chi connectivity index (χ4v) is 3.56. The van der Waals surface area contributed by atoms with Crippen molar-refractivity contribution in [2.45, 2.75) is 45.1 Å². The third-order valence-electron chi connectivity index (χ3n) is 5.15. The van der Waals surface area contributed by atoms with Crippen molar-refractivity contribution < 1.29 is 22.7 Å². The number of carbonyl (C=O) groups excluding carboxylic acids is 1. The van der Waals surface area contributed by atoms with E-state index in [1.54, 1.807) is 24.3 Å². The summed E-state index contributed by atoms with van der Waals surface area (Å²) in [5, 5.41) is 2.94. The molecule has 0 unspecified atom stereocenters. The molecule has 2 aromatic carbocycles. The second-order valence-electron chi connectivity index (χ2n) is 7.59. The summed E-state index contributed by atoms with van der Waals surface area (Å²) in [4.78, 5) is 14.9. The van der Waals surface area contributed by atoms with E-state index in [1.165, 1.54) is 24.8 Å². The lowest BCUT2D eigenvalue weighted by atomic mass is 10.0. The van der Waals surface area contributed by atoms with Crippen LogP contribution in [0.4, 0.5) is 13.2 Å². The fraction of sp³-hybridized carbons (Fsp3) is 0.435. The molecule has 2 aromatic rings. The molecular formula is C23H27F3N2O2. The van der Waals surface area contributed by atoms with Gasteiger partial charge in [-0.15, -0.1) is 0 Å². The Morgan fingerprint density at radius 1 is 0.967 bits per heavy atom. The predicted molar refractivity (Wildman–Crippen MR) is 109 cm³/mol. The van der Waals surface area contributed by atoms with Crippen LogP contribution < -0.4 is 5.32 Å². The van der Waals surface area contributed by atoms with Crippen molar-refractivity contribution in [3.8, 4) is 0 Å². The molecule has 4 nitrogen and oxygen atoms in total. The van der Waals surface area contributed by atoms with Crippen LogP contribution in [-0.2, 0) is 24.4 Å². The van der Waals surface area contributed by atoms with Crippen LogP contribution >= 0.6 is 0 Å². The van der Waals surface area contributed by atoms with E-state index in [4.69, 9.17) is 0 Å². The first-order valence-electron chi connectivity index (χ1n) is 10.2. The molecule has 0 bridgehead atoms. The van der Waals surface area contributed by atoms with Gasteiger partial charge in [0.1, 0.15) is 6.61 Å². The Morgan fingerprint density at radius 3 is 2.30 bits per heavy atom. The van der Waals surface area contributed by atoms with Gasteiger partial charge in [0.2, 0.25) is 0 Å². The molecule has 1 aliphatic rings. The summed E-state index contributed by atoms with van der Waals surface area (Å²) in [5.74, 6) is -0.217. The number of rotatable bonds is 8. The molecule has 1 aliphatic heterocycles. The zero-order chi connectivity index (χ0) is 21.4. The molecule has 0 saturated carbocycles. The molecule has 0 aliphatic carbocycles.